The average Bonchev–Trinajstić information content (AvgIpc) is 3.70. The highest BCUT2D eigenvalue weighted by Crippen LogP contribution is 2.37. The van der Waals surface area contributed by atoms with Crippen molar-refractivity contribution in [2.45, 2.75) is 37.3 Å². The topological polar surface area (TPSA) is 143 Å². The van der Waals surface area contributed by atoms with Gasteiger partial charge >= 0.3 is 0 Å². The number of fused-ring (bicyclic) bond motifs is 1. The normalized spacial score (nSPS) is 17.1. The first kappa shape index (κ1) is 36.9. The third-order valence-corrected chi connectivity index (χ3v) is 12.4. The molecule has 0 saturated carbocycles. The number of ether oxygens (including phenoxy) is 1. The van der Waals surface area contributed by atoms with E-state index in [9.17, 15) is 18.0 Å². The first-order valence-electron chi connectivity index (χ1n) is 15.2. The number of hydrogen-bond acceptors (Lipinski definition) is 8. The lowest BCUT2D eigenvalue weighted by Gasteiger charge is -2.37. The number of carbonyl (C=O) groups excluding carboxylic acids is 2. The lowest BCUT2D eigenvalue weighted by molar-refractivity contribution is -0.136. The Morgan fingerprint density at radius 3 is 2.45 bits per heavy atom. The third-order valence-electron chi connectivity index (χ3n) is 8.57. The van der Waals surface area contributed by atoms with Gasteiger partial charge in [0.25, 0.3) is 5.91 Å². The third kappa shape index (κ3) is 7.26. The summed E-state index contributed by atoms with van der Waals surface area (Å²) >= 11 is 16.8. The van der Waals surface area contributed by atoms with E-state index in [0.717, 1.165) is 15.9 Å². The molecule has 2 amide bonds. The predicted octanol–water partition coefficient (Wildman–Crippen LogP) is 5.14. The van der Waals surface area contributed by atoms with Crippen molar-refractivity contribution in [2.75, 3.05) is 32.7 Å². The number of hydrazone groups is 1. The van der Waals surface area contributed by atoms with E-state index < -0.39 is 16.1 Å². The molecule has 2 saturated heterocycles. The maximum Gasteiger partial charge on any atom is 0.253 e. The summed E-state index contributed by atoms with van der Waals surface area (Å²) < 4.78 is 38.0. The molecule has 17 heteroatoms. The van der Waals surface area contributed by atoms with Crippen LogP contribution in [0.25, 0.3) is 5.65 Å². The van der Waals surface area contributed by atoms with Gasteiger partial charge in [0.2, 0.25) is 15.9 Å². The van der Waals surface area contributed by atoms with E-state index in [0.29, 0.717) is 48.5 Å². The predicted molar refractivity (Wildman–Crippen MR) is 193 cm³/mol. The van der Waals surface area contributed by atoms with Crippen LogP contribution in [0.2, 0.25) is 10.0 Å². The second-order valence-corrected chi connectivity index (χ2v) is 14.9. The molecule has 1 atom stereocenters. The van der Waals surface area contributed by atoms with Crippen molar-refractivity contribution in [3.8, 4) is 5.75 Å². The first-order chi connectivity index (χ1) is 23.0. The van der Waals surface area contributed by atoms with E-state index >= 15 is 0 Å². The highest BCUT2D eigenvalue weighted by Gasteiger charge is 2.43. The second kappa shape index (κ2) is 15.2. The van der Waals surface area contributed by atoms with Gasteiger partial charge in [-0.3, -0.25) is 14.0 Å². The van der Waals surface area contributed by atoms with E-state index in [1.165, 1.54) is 22.7 Å². The first-order valence-corrected chi connectivity index (χ1v) is 18.2. The molecular weight excluding hydrogens is 781 g/mol. The van der Waals surface area contributed by atoms with E-state index in [1.807, 2.05) is 17.5 Å². The molecule has 2 fully saturated rings. The zero-order valence-electron chi connectivity index (χ0n) is 26.3. The largest absolute Gasteiger partial charge is 0.485 e. The molecule has 4 heterocycles. The summed E-state index contributed by atoms with van der Waals surface area (Å²) in [5.74, 6) is 5.22. The number of halogens is 4. The Balaban J connectivity index is 0.00000468. The molecule has 2 N–H and O–H groups in total. The summed E-state index contributed by atoms with van der Waals surface area (Å²) in [6.07, 6.45) is 4.22. The summed E-state index contributed by atoms with van der Waals surface area (Å²) in [6, 6.07) is 12.4. The molecule has 12 nitrogen and oxygen atoms in total. The van der Waals surface area contributed by atoms with Crippen molar-refractivity contribution in [3.05, 3.63) is 91.8 Å². The zero-order valence-corrected chi connectivity index (χ0v) is 31.0. The number of benzene rings is 2. The quantitative estimate of drug-likeness (QED) is 0.148. The number of piperazine rings is 1. The van der Waals surface area contributed by atoms with Crippen LogP contribution in [0.4, 0.5) is 0 Å². The average molecular weight is 814 g/mol. The summed E-state index contributed by atoms with van der Waals surface area (Å²) in [5, 5.41) is 3.66. The van der Waals surface area contributed by atoms with Crippen LogP contribution >= 0.6 is 51.5 Å². The number of amides is 2. The van der Waals surface area contributed by atoms with Gasteiger partial charge in [0.15, 0.2) is 11.4 Å². The van der Waals surface area contributed by atoms with E-state index in [1.54, 1.807) is 46.2 Å². The molecule has 0 bridgehead atoms. The van der Waals surface area contributed by atoms with Gasteiger partial charge in [-0.1, -0.05) is 35.3 Å². The Morgan fingerprint density at radius 1 is 1.06 bits per heavy atom. The lowest BCUT2D eigenvalue weighted by Crippen LogP contribution is -2.55. The fraction of sp³-hybridized carbons (Fsp3) is 0.312. The molecular formula is C32H33BrCl3N7O5S. The molecule has 49 heavy (non-hydrogen) atoms. The molecule has 2 aliphatic heterocycles. The Bertz CT molecular complexity index is 2020. The smallest absolute Gasteiger partial charge is 0.253 e. The number of rotatable bonds is 8. The minimum Gasteiger partial charge on any atom is -0.485 e. The molecule has 4 aromatic rings. The van der Waals surface area contributed by atoms with E-state index in [4.69, 9.17) is 33.8 Å². The molecule has 2 aromatic heterocycles. The number of sulfonamides is 1. The number of aryl methyl sites for hydroxylation is 1. The fourth-order valence-corrected chi connectivity index (χ4v) is 8.91. The highest BCUT2D eigenvalue weighted by atomic mass is 79.9. The van der Waals surface area contributed by atoms with Crippen LogP contribution in [0.3, 0.4) is 0 Å². The van der Waals surface area contributed by atoms with Gasteiger partial charge in [-0.2, -0.15) is 9.41 Å². The number of hydrogen-bond donors (Lipinski definition) is 1. The maximum absolute atomic E-state index is 14.1. The van der Waals surface area contributed by atoms with Crippen LogP contribution in [0.15, 0.2) is 69.3 Å². The molecule has 0 aliphatic carbocycles. The summed E-state index contributed by atoms with van der Waals surface area (Å²) in [6.45, 7) is 3.15. The Hall–Kier alpha value is -3.40. The van der Waals surface area contributed by atoms with Gasteiger partial charge in [-0.05, 0) is 77.7 Å². The molecule has 0 radical (unpaired) electrons. The van der Waals surface area contributed by atoms with Crippen molar-refractivity contribution >= 4 is 85.2 Å². The second-order valence-electron chi connectivity index (χ2n) is 11.5. The number of imidazole rings is 1. The summed E-state index contributed by atoms with van der Waals surface area (Å²) in [7, 11) is -4.19. The standard InChI is InChI=1S/C32H32BrCl2N7O5S.ClH/c1-20-29(33)41-12-3-5-26(30(41)38-20)47-19-23-24(34)10-11-27(28(23)35)48(45,46)42-13-2-4-25(42)32(44)40-16-14-39(15-17-40)31(43)22-8-6-21(7-9-22)18-37-36;/h3,5-12,18,25H,2,4,13-17,19,36H2,1H3;1H/t25-;/m0./s1. The molecule has 0 spiro atoms. The van der Waals surface area contributed by atoms with Crippen molar-refractivity contribution in [1.29, 1.82) is 0 Å². The van der Waals surface area contributed by atoms with Crippen LogP contribution < -0.4 is 10.6 Å². The van der Waals surface area contributed by atoms with Crippen LogP contribution in [-0.4, -0.2) is 88.7 Å². The van der Waals surface area contributed by atoms with Gasteiger partial charge in [0.05, 0.1) is 16.9 Å². The molecule has 2 aromatic carbocycles. The zero-order chi connectivity index (χ0) is 34.2. The Kier molecular flexibility index (Phi) is 11.5. The summed E-state index contributed by atoms with van der Waals surface area (Å²) in [5.41, 5.74) is 2.95. The van der Waals surface area contributed by atoms with E-state index in [-0.39, 0.29) is 65.4 Å². The van der Waals surface area contributed by atoms with Crippen LogP contribution in [-0.2, 0) is 21.4 Å². The summed E-state index contributed by atoms with van der Waals surface area (Å²) in [4.78, 5) is 34.5. The number of aromatic nitrogens is 2. The van der Waals surface area contributed by atoms with Crippen LogP contribution in [0.1, 0.15) is 40.0 Å². The van der Waals surface area contributed by atoms with Crippen LogP contribution in [0, 0.1) is 6.92 Å². The molecule has 0 unspecified atom stereocenters. The van der Waals surface area contributed by atoms with Gasteiger partial charge in [-0.15, -0.1) is 12.4 Å². The van der Waals surface area contributed by atoms with Crippen molar-refractivity contribution < 1.29 is 22.7 Å². The minimum absolute atomic E-state index is 0. The minimum atomic E-state index is -4.19. The maximum atomic E-state index is 14.1. The van der Waals surface area contributed by atoms with Crippen molar-refractivity contribution in [2.24, 2.45) is 10.9 Å². The van der Waals surface area contributed by atoms with Crippen LogP contribution in [0.5, 0.6) is 5.75 Å². The monoisotopic (exact) mass is 811 g/mol. The number of carbonyl (C=O) groups is 2. The van der Waals surface area contributed by atoms with Gasteiger partial charge in [0.1, 0.15) is 22.1 Å². The number of pyridine rings is 1. The molecule has 6 rings (SSSR count). The SMILES string of the molecule is Cc1nc2c(OCc3c(Cl)ccc(S(=O)(=O)N4CCC[C@H]4C(=O)N4CCN(C(=O)c5ccc(C=NN)cc5)CC4)c3Cl)cccn2c1Br.Cl. The fourth-order valence-electron chi connectivity index (χ4n) is 6.02. The Labute approximate surface area is 308 Å². The van der Waals surface area contributed by atoms with E-state index in [2.05, 4.69) is 26.0 Å². The number of nitrogens with zero attached hydrogens (tertiary/aromatic N) is 6. The van der Waals surface area contributed by atoms with Crippen molar-refractivity contribution in [1.82, 2.24) is 23.5 Å². The number of nitrogens with two attached hydrogens (primary N) is 1. The van der Waals surface area contributed by atoms with Crippen molar-refractivity contribution in [3.63, 3.8) is 0 Å². The Morgan fingerprint density at radius 2 is 1.76 bits per heavy atom. The lowest BCUT2D eigenvalue weighted by atomic mass is 10.1. The van der Waals surface area contributed by atoms with Gasteiger partial charge in [0, 0.05) is 55.1 Å². The highest BCUT2D eigenvalue weighted by molar-refractivity contribution is 9.10. The molecule has 2 aliphatic rings. The van der Waals surface area contributed by atoms with Gasteiger partial charge < -0.3 is 20.4 Å². The molecule has 260 valence electrons. The van der Waals surface area contributed by atoms with Gasteiger partial charge in [-0.25, -0.2) is 13.4 Å².